The topological polar surface area (TPSA) is 58.2 Å². The summed E-state index contributed by atoms with van der Waals surface area (Å²) in [6, 6.07) is 6.76. The van der Waals surface area contributed by atoms with Gasteiger partial charge in [0.05, 0.1) is 0 Å². The Morgan fingerprint density at radius 3 is 2.44 bits per heavy atom. The Morgan fingerprint density at radius 2 is 1.89 bits per heavy atom. The van der Waals surface area contributed by atoms with Crippen molar-refractivity contribution in [3.05, 3.63) is 29.8 Å². The summed E-state index contributed by atoms with van der Waals surface area (Å²) in [5, 5.41) is 5.50. The Bertz CT molecular complexity index is 441. The molecule has 0 spiro atoms. The van der Waals surface area contributed by atoms with Gasteiger partial charge in [-0.1, -0.05) is 0 Å². The molecule has 1 fully saturated rings. The molecule has 0 saturated heterocycles. The van der Waals surface area contributed by atoms with Gasteiger partial charge in [-0.05, 0) is 43.0 Å². The molecule has 18 heavy (non-hydrogen) atoms. The second-order valence-corrected chi connectivity index (χ2v) is 4.68. The highest BCUT2D eigenvalue weighted by atomic mass is 35.5. The van der Waals surface area contributed by atoms with Crippen LogP contribution >= 0.6 is 11.6 Å². The van der Waals surface area contributed by atoms with Crippen molar-refractivity contribution in [3.8, 4) is 0 Å². The van der Waals surface area contributed by atoms with E-state index in [1.165, 1.54) is 12.8 Å². The zero-order valence-electron chi connectivity index (χ0n) is 9.91. The number of alkyl halides is 1. The summed E-state index contributed by atoms with van der Waals surface area (Å²) in [6.45, 7) is 0.754. The third kappa shape index (κ3) is 3.74. The highest BCUT2D eigenvalue weighted by molar-refractivity contribution is 6.29. The first-order valence-corrected chi connectivity index (χ1v) is 6.46. The first-order chi connectivity index (χ1) is 8.69. The molecule has 0 bridgehead atoms. The van der Waals surface area contributed by atoms with Crippen LogP contribution in [0.5, 0.6) is 0 Å². The summed E-state index contributed by atoms with van der Waals surface area (Å²) in [5.74, 6) is 0.250. The maximum atomic E-state index is 11.7. The summed E-state index contributed by atoms with van der Waals surface area (Å²) in [6.07, 6.45) is 2.42. The van der Waals surface area contributed by atoms with E-state index in [0.717, 1.165) is 6.54 Å². The predicted octanol–water partition coefficient (Wildman–Crippen LogP) is 2.00. The van der Waals surface area contributed by atoms with Crippen molar-refractivity contribution in [2.45, 2.75) is 12.8 Å². The van der Waals surface area contributed by atoms with Crippen molar-refractivity contribution >= 4 is 29.1 Å². The van der Waals surface area contributed by atoms with Gasteiger partial charge in [0.15, 0.2) is 0 Å². The molecule has 0 unspecified atom stereocenters. The van der Waals surface area contributed by atoms with Gasteiger partial charge in [0.1, 0.15) is 5.88 Å². The highest BCUT2D eigenvalue weighted by Crippen LogP contribution is 2.27. The van der Waals surface area contributed by atoms with Crippen LogP contribution in [0.15, 0.2) is 24.3 Å². The summed E-state index contributed by atoms with van der Waals surface area (Å²) in [4.78, 5) is 22.8. The van der Waals surface area contributed by atoms with Gasteiger partial charge in [0, 0.05) is 17.8 Å². The minimum absolute atomic E-state index is 0.0721. The zero-order chi connectivity index (χ0) is 13.0. The van der Waals surface area contributed by atoms with Gasteiger partial charge in [-0.3, -0.25) is 9.59 Å². The molecule has 0 aromatic heterocycles. The van der Waals surface area contributed by atoms with Crippen LogP contribution in [-0.2, 0) is 4.79 Å². The van der Waals surface area contributed by atoms with E-state index in [2.05, 4.69) is 10.6 Å². The molecular weight excluding hydrogens is 252 g/mol. The number of hydrogen-bond donors (Lipinski definition) is 2. The number of hydrogen-bond acceptors (Lipinski definition) is 2. The van der Waals surface area contributed by atoms with Crippen LogP contribution in [0.4, 0.5) is 5.69 Å². The number of carbonyl (C=O) groups is 2. The minimum atomic E-state index is -0.261. The second kappa shape index (κ2) is 5.87. The molecule has 1 saturated carbocycles. The van der Waals surface area contributed by atoms with E-state index in [0.29, 0.717) is 17.2 Å². The molecule has 0 heterocycles. The van der Waals surface area contributed by atoms with Gasteiger partial charge in [-0.15, -0.1) is 11.6 Å². The summed E-state index contributed by atoms with van der Waals surface area (Å²) >= 11 is 5.38. The highest BCUT2D eigenvalue weighted by Gasteiger charge is 2.21. The zero-order valence-corrected chi connectivity index (χ0v) is 10.7. The SMILES string of the molecule is O=C(CCl)Nc1ccc(C(=O)NCC2CC2)cc1. The molecule has 2 rings (SSSR count). The van der Waals surface area contributed by atoms with E-state index >= 15 is 0 Å². The van der Waals surface area contributed by atoms with Crippen molar-refractivity contribution in [2.75, 3.05) is 17.7 Å². The quantitative estimate of drug-likeness (QED) is 0.801. The number of carbonyl (C=O) groups excluding carboxylic acids is 2. The Morgan fingerprint density at radius 1 is 1.22 bits per heavy atom. The molecule has 1 aromatic carbocycles. The lowest BCUT2D eigenvalue weighted by molar-refractivity contribution is -0.113. The van der Waals surface area contributed by atoms with E-state index < -0.39 is 0 Å². The van der Waals surface area contributed by atoms with Crippen LogP contribution < -0.4 is 10.6 Å². The standard InChI is InChI=1S/C13H15ClN2O2/c14-7-12(17)16-11-5-3-10(4-6-11)13(18)15-8-9-1-2-9/h3-6,9H,1-2,7-8H2,(H,15,18)(H,16,17). The van der Waals surface area contributed by atoms with E-state index in [1.807, 2.05) is 0 Å². The van der Waals surface area contributed by atoms with Crippen molar-refractivity contribution < 1.29 is 9.59 Å². The molecule has 0 radical (unpaired) electrons. The number of nitrogens with one attached hydrogen (secondary N) is 2. The summed E-state index contributed by atoms with van der Waals surface area (Å²) in [7, 11) is 0. The fourth-order valence-electron chi connectivity index (χ4n) is 1.56. The van der Waals surface area contributed by atoms with Crippen LogP contribution in [0.1, 0.15) is 23.2 Å². The largest absolute Gasteiger partial charge is 0.352 e. The molecule has 96 valence electrons. The molecule has 2 amide bonds. The third-order valence-corrected chi connectivity index (χ3v) is 3.04. The Hall–Kier alpha value is -1.55. The van der Waals surface area contributed by atoms with Crippen LogP contribution in [0, 0.1) is 5.92 Å². The maximum Gasteiger partial charge on any atom is 0.251 e. The lowest BCUT2D eigenvalue weighted by atomic mass is 10.2. The first kappa shape index (κ1) is 12.9. The van der Waals surface area contributed by atoms with Crippen LogP contribution in [0.3, 0.4) is 0 Å². The van der Waals surface area contributed by atoms with E-state index in [1.54, 1.807) is 24.3 Å². The number of benzene rings is 1. The Labute approximate surface area is 111 Å². The van der Waals surface area contributed by atoms with Crippen LogP contribution in [0.2, 0.25) is 0 Å². The van der Waals surface area contributed by atoms with Gasteiger partial charge >= 0.3 is 0 Å². The third-order valence-electron chi connectivity index (χ3n) is 2.80. The number of amides is 2. The fraction of sp³-hybridized carbons (Fsp3) is 0.385. The van der Waals surface area contributed by atoms with Crippen molar-refractivity contribution in [1.29, 1.82) is 0 Å². The van der Waals surface area contributed by atoms with Crippen LogP contribution in [-0.4, -0.2) is 24.2 Å². The Kier molecular flexibility index (Phi) is 4.20. The Balaban J connectivity index is 1.89. The lowest BCUT2D eigenvalue weighted by Gasteiger charge is -2.06. The van der Waals surface area contributed by atoms with Crippen molar-refractivity contribution in [1.82, 2.24) is 5.32 Å². The maximum absolute atomic E-state index is 11.7. The van der Waals surface area contributed by atoms with Gasteiger partial charge in [-0.25, -0.2) is 0 Å². The average molecular weight is 267 g/mol. The molecule has 1 aliphatic carbocycles. The monoisotopic (exact) mass is 266 g/mol. The lowest BCUT2D eigenvalue weighted by Crippen LogP contribution is -2.25. The molecular formula is C13H15ClN2O2. The van der Waals surface area contributed by atoms with Gasteiger partial charge in [0.25, 0.3) is 5.91 Å². The predicted molar refractivity (Wildman–Crippen MR) is 70.8 cm³/mol. The number of halogens is 1. The van der Waals surface area contributed by atoms with Crippen molar-refractivity contribution in [3.63, 3.8) is 0 Å². The van der Waals surface area contributed by atoms with E-state index in [-0.39, 0.29) is 17.7 Å². The van der Waals surface area contributed by atoms with E-state index in [4.69, 9.17) is 11.6 Å². The summed E-state index contributed by atoms with van der Waals surface area (Å²) < 4.78 is 0. The smallest absolute Gasteiger partial charge is 0.251 e. The minimum Gasteiger partial charge on any atom is -0.352 e. The molecule has 0 atom stereocenters. The second-order valence-electron chi connectivity index (χ2n) is 4.41. The van der Waals surface area contributed by atoms with Gasteiger partial charge < -0.3 is 10.6 Å². The molecule has 2 N–H and O–H groups in total. The molecule has 4 nitrogen and oxygen atoms in total. The summed E-state index contributed by atoms with van der Waals surface area (Å²) in [5.41, 5.74) is 1.24. The van der Waals surface area contributed by atoms with Gasteiger partial charge in [0.2, 0.25) is 5.91 Å². The van der Waals surface area contributed by atoms with Crippen LogP contribution in [0.25, 0.3) is 0 Å². The average Bonchev–Trinajstić information content (AvgIpc) is 3.20. The molecule has 5 heteroatoms. The first-order valence-electron chi connectivity index (χ1n) is 5.93. The van der Waals surface area contributed by atoms with E-state index in [9.17, 15) is 9.59 Å². The van der Waals surface area contributed by atoms with Gasteiger partial charge in [-0.2, -0.15) is 0 Å². The number of anilines is 1. The number of rotatable bonds is 5. The molecule has 0 aliphatic heterocycles. The fourth-order valence-corrected chi connectivity index (χ4v) is 1.63. The normalized spacial score (nSPS) is 14.1. The van der Waals surface area contributed by atoms with Crippen molar-refractivity contribution in [2.24, 2.45) is 5.92 Å². The molecule has 1 aromatic rings. The molecule has 1 aliphatic rings.